The highest BCUT2D eigenvalue weighted by Crippen LogP contribution is 2.21. The Morgan fingerprint density at radius 1 is 1.39 bits per heavy atom. The van der Waals surface area contributed by atoms with Gasteiger partial charge in [-0.15, -0.1) is 10.2 Å². The van der Waals surface area contributed by atoms with Gasteiger partial charge in [-0.3, -0.25) is 4.98 Å². The number of carbonyl (C=O) groups is 1. The van der Waals surface area contributed by atoms with Gasteiger partial charge < -0.3 is 15.3 Å². The minimum Gasteiger partial charge on any atom is -0.475 e. The Morgan fingerprint density at radius 2 is 2.22 bits per heavy atom. The molecule has 0 saturated carbocycles. The standard InChI is InChI=1S/C14H17N7O2/c1-20(2)7-3-5-16-14-17-10-4-6-15-8-9(10)11-18-19-12(13(22)23)21(11)14/h4,6,8H,3,5,7H2,1-2H3,(H,16,17)(H,22,23). The van der Waals surface area contributed by atoms with Crippen LogP contribution in [0.25, 0.3) is 16.6 Å². The van der Waals surface area contributed by atoms with Crippen LogP contribution >= 0.6 is 0 Å². The molecule has 9 heteroatoms. The molecule has 0 aliphatic carbocycles. The zero-order chi connectivity index (χ0) is 16.4. The zero-order valence-electron chi connectivity index (χ0n) is 12.9. The summed E-state index contributed by atoms with van der Waals surface area (Å²) in [6, 6.07) is 1.76. The van der Waals surface area contributed by atoms with E-state index >= 15 is 0 Å². The predicted octanol–water partition coefficient (Wildman–Crippen LogP) is 0.734. The van der Waals surface area contributed by atoms with Gasteiger partial charge in [0.05, 0.1) is 10.9 Å². The molecule has 0 aromatic carbocycles. The smallest absolute Gasteiger partial charge is 0.374 e. The quantitative estimate of drug-likeness (QED) is 0.641. The molecular formula is C14H17N7O2. The lowest BCUT2D eigenvalue weighted by molar-refractivity contribution is 0.0682. The number of aromatic carboxylic acids is 1. The SMILES string of the molecule is CN(C)CCCNc1nc2ccncc2c2nnc(C(=O)O)n12. The number of anilines is 1. The predicted molar refractivity (Wildman–Crippen MR) is 84.7 cm³/mol. The summed E-state index contributed by atoms with van der Waals surface area (Å²) in [7, 11) is 4.00. The molecule has 3 aromatic rings. The maximum atomic E-state index is 11.4. The zero-order valence-corrected chi connectivity index (χ0v) is 12.9. The molecule has 3 rings (SSSR count). The van der Waals surface area contributed by atoms with Crippen molar-refractivity contribution in [2.45, 2.75) is 6.42 Å². The van der Waals surface area contributed by atoms with Gasteiger partial charge in [-0.05, 0) is 33.1 Å². The lowest BCUT2D eigenvalue weighted by atomic mass is 10.3. The number of aromatic nitrogens is 5. The van der Waals surface area contributed by atoms with Crippen LogP contribution in [0, 0.1) is 0 Å². The van der Waals surface area contributed by atoms with E-state index in [1.54, 1.807) is 18.5 Å². The van der Waals surface area contributed by atoms with E-state index in [4.69, 9.17) is 0 Å². The Bertz CT molecular complexity index is 859. The van der Waals surface area contributed by atoms with Crippen molar-refractivity contribution in [2.75, 3.05) is 32.5 Å². The molecule has 0 fully saturated rings. The third-order valence-electron chi connectivity index (χ3n) is 3.40. The molecule has 0 bridgehead atoms. The van der Waals surface area contributed by atoms with Crippen LogP contribution in [0.3, 0.4) is 0 Å². The Morgan fingerprint density at radius 3 is 2.96 bits per heavy atom. The number of nitrogens with zero attached hydrogens (tertiary/aromatic N) is 6. The van der Waals surface area contributed by atoms with E-state index < -0.39 is 5.97 Å². The molecule has 0 radical (unpaired) electrons. The number of fused-ring (bicyclic) bond motifs is 3. The van der Waals surface area contributed by atoms with Crippen molar-refractivity contribution in [3.8, 4) is 0 Å². The summed E-state index contributed by atoms with van der Waals surface area (Å²) in [5, 5.41) is 20.9. The second-order valence-electron chi connectivity index (χ2n) is 5.40. The third kappa shape index (κ3) is 2.90. The summed E-state index contributed by atoms with van der Waals surface area (Å²) in [6.45, 7) is 1.58. The van der Waals surface area contributed by atoms with Crippen LogP contribution in [-0.4, -0.2) is 67.7 Å². The van der Waals surface area contributed by atoms with Crippen LogP contribution in [0.1, 0.15) is 17.0 Å². The Hall–Kier alpha value is -2.81. The molecule has 23 heavy (non-hydrogen) atoms. The van der Waals surface area contributed by atoms with Crippen LogP contribution in [0.4, 0.5) is 5.95 Å². The number of nitrogens with one attached hydrogen (secondary N) is 1. The molecule has 120 valence electrons. The molecule has 0 saturated heterocycles. The summed E-state index contributed by atoms with van der Waals surface area (Å²) in [6.07, 6.45) is 4.14. The van der Waals surface area contributed by atoms with Crippen LogP contribution in [-0.2, 0) is 0 Å². The number of pyridine rings is 1. The normalized spacial score (nSPS) is 11.4. The van der Waals surface area contributed by atoms with Gasteiger partial charge in [0.15, 0.2) is 5.65 Å². The summed E-state index contributed by atoms with van der Waals surface area (Å²) in [5.74, 6) is -0.910. The molecule has 3 heterocycles. The first-order valence-corrected chi connectivity index (χ1v) is 7.18. The maximum Gasteiger partial charge on any atom is 0.374 e. The lowest BCUT2D eigenvalue weighted by Crippen LogP contribution is -2.18. The van der Waals surface area contributed by atoms with E-state index in [1.807, 2.05) is 14.1 Å². The molecule has 0 spiro atoms. The number of carboxylic acids is 1. The Kier molecular flexibility index (Phi) is 4.02. The first-order valence-electron chi connectivity index (χ1n) is 7.18. The highest BCUT2D eigenvalue weighted by atomic mass is 16.4. The number of rotatable bonds is 6. The van der Waals surface area contributed by atoms with E-state index in [2.05, 4.69) is 30.4 Å². The minimum atomic E-state index is -1.15. The van der Waals surface area contributed by atoms with Gasteiger partial charge in [-0.1, -0.05) is 0 Å². The summed E-state index contributed by atoms with van der Waals surface area (Å²) in [4.78, 5) is 22.0. The fourth-order valence-corrected chi connectivity index (χ4v) is 2.33. The van der Waals surface area contributed by atoms with Crippen molar-refractivity contribution in [1.82, 2.24) is 29.5 Å². The van der Waals surface area contributed by atoms with Crippen LogP contribution in [0.5, 0.6) is 0 Å². The van der Waals surface area contributed by atoms with Gasteiger partial charge in [-0.25, -0.2) is 14.2 Å². The van der Waals surface area contributed by atoms with Gasteiger partial charge in [-0.2, -0.15) is 0 Å². The highest BCUT2D eigenvalue weighted by Gasteiger charge is 2.19. The van der Waals surface area contributed by atoms with Crippen LogP contribution in [0.2, 0.25) is 0 Å². The Balaban J connectivity index is 2.05. The average molecular weight is 315 g/mol. The van der Waals surface area contributed by atoms with Crippen molar-refractivity contribution in [3.63, 3.8) is 0 Å². The van der Waals surface area contributed by atoms with Gasteiger partial charge in [0.1, 0.15) is 0 Å². The third-order valence-corrected chi connectivity index (χ3v) is 3.40. The molecule has 0 aliphatic heterocycles. The monoisotopic (exact) mass is 315 g/mol. The second kappa shape index (κ2) is 6.13. The first kappa shape index (κ1) is 15.1. The molecule has 2 N–H and O–H groups in total. The molecule has 9 nitrogen and oxygen atoms in total. The van der Waals surface area contributed by atoms with Crippen molar-refractivity contribution < 1.29 is 9.90 Å². The van der Waals surface area contributed by atoms with Crippen molar-refractivity contribution in [2.24, 2.45) is 0 Å². The van der Waals surface area contributed by atoms with Gasteiger partial charge in [0.25, 0.3) is 0 Å². The average Bonchev–Trinajstić information content (AvgIpc) is 2.97. The summed E-state index contributed by atoms with van der Waals surface area (Å²) in [5.41, 5.74) is 1.11. The fourth-order valence-electron chi connectivity index (χ4n) is 2.33. The van der Waals surface area contributed by atoms with E-state index in [1.165, 1.54) is 4.40 Å². The molecule has 3 aromatic heterocycles. The van der Waals surface area contributed by atoms with Crippen LogP contribution in [0.15, 0.2) is 18.5 Å². The van der Waals surface area contributed by atoms with E-state index in [0.717, 1.165) is 13.0 Å². The van der Waals surface area contributed by atoms with E-state index in [-0.39, 0.29) is 5.82 Å². The maximum absolute atomic E-state index is 11.4. The topological polar surface area (TPSA) is 109 Å². The molecule has 0 unspecified atom stereocenters. The van der Waals surface area contributed by atoms with Crippen molar-refractivity contribution in [1.29, 1.82) is 0 Å². The van der Waals surface area contributed by atoms with E-state index in [9.17, 15) is 9.90 Å². The fraction of sp³-hybridized carbons (Fsp3) is 0.357. The lowest BCUT2D eigenvalue weighted by Gasteiger charge is -2.12. The summed E-state index contributed by atoms with van der Waals surface area (Å²) >= 11 is 0. The summed E-state index contributed by atoms with van der Waals surface area (Å²) < 4.78 is 1.42. The van der Waals surface area contributed by atoms with Crippen molar-refractivity contribution in [3.05, 3.63) is 24.3 Å². The number of hydrogen-bond acceptors (Lipinski definition) is 7. The van der Waals surface area contributed by atoms with Gasteiger partial charge in [0, 0.05) is 18.9 Å². The number of hydrogen-bond donors (Lipinski definition) is 2. The van der Waals surface area contributed by atoms with Crippen molar-refractivity contribution >= 4 is 28.5 Å². The number of carboxylic acid groups (broad SMARTS) is 1. The molecule has 0 aliphatic rings. The van der Waals surface area contributed by atoms with Crippen LogP contribution < -0.4 is 5.32 Å². The minimum absolute atomic E-state index is 0.173. The molecular weight excluding hydrogens is 298 g/mol. The molecule has 0 amide bonds. The van der Waals surface area contributed by atoms with Gasteiger partial charge >= 0.3 is 5.97 Å². The van der Waals surface area contributed by atoms with Gasteiger partial charge in [0.2, 0.25) is 11.8 Å². The second-order valence-corrected chi connectivity index (χ2v) is 5.40. The Labute approximate surface area is 132 Å². The van der Waals surface area contributed by atoms with E-state index in [0.29, 0.717) is 29.0 Å². The largest absolute Gasteiger partial charge is 0.475 e. The molecule has 0 atom stereocenters. The highest BCUT2D eigenvalue weighted by molar-refractivity contribution is 5.94. The first-order chi connectivity index (χ1) is 11.1.